The molecule has 0 atom stereocenters. The maximum Gasteiger partial charge on any atom is 0.251 e. The quantitative estimate of drug-likeness (QED) is 0.249. The van der Waals surface area contributed by atoms with Crippen LogP contribution in [0.3, 0.4) is 0 Å². The molecule has 0 fully saturated rings. The highest BCUT2D eigenvalue weighted by Gasteiger charge is 2.10. The summed E-state index contributed by atoms with van der Waals surface area (Å²) in [7, 11) is 0. The second-order valence-corrected chi connectivity index (χ2v) is 11.6. The minimum atomic E-state index is -0.0299. The lowest BCUT2D eigenvalue weighted by atomic mass is 9.96. The molecule has 0 radical (unpaired) electrons. The van der Waals surface area contributed by atoms with E-state index < -0.39 is 0 Å². The van der Waals surface area contributed by atoms with Crippen LogP contribution >= 0.6 is 0 Å². The monoisotopic (exact) mass is 583 g/mol. The van der Waals surface area contributed by atoms with E-state index in [4.69, 9.17) is 0 Å². The largest absolute Gasteiger partial charge is 0.348 e. The third-order valence-corrected chi connectivity index (χ3v) is 6.95. The van der Waals surface area contributed by atoms with Gasteiger partial charge >= 0.3 is 0 Å². The van der Waals surface area contributed by atoms with E-state index in [9.17, 15) is 4.79 Å². The van der Waals surface area contributed by atoms with Crippen molar-refractivity contribution in [3.8, 4) is 0 Å². The van der Waals surface area contributed by atoms with Crippen LogP contribution in [0.1, 0.15) is 138 Å². The Morgan fingerprint density at radius 3 is 1.95 bits per heavy atom. The van der Waals surface area contributed by atoms with Gasteiger partial charge in [-0.3, -0.25) is 4.79 Å². The van der Waals surface area contributed by atoms with Gasteiger partial charge in [0.05, 0.1) is 0 Å². The Labute approximate surface area is 265 Å². The van der Waals surface area contributed by atoms with Gasteiger partial charge in [-0.25, -0.2) is 0 Å². The number of carbonyl (C=O) groups excluding carboxylic acids is 1. The lowest BCUT2D eigenvalue weighted by molar-refractivity contribution is 0.0951. The summed E-state index contributed by atoms with van der Waals surface area (Å²) in [6, 6.07) is 23.2. The molecule has 236 valence electrons. The number of benzene rings is 3. The number of amides is 1. The van der Waals surface area contributed by atoms with Gasteiger partial charge in [0.15, 0.2) is 0 Å². The molecule has 43 heavy (non-hydrogen) atoms. The minimum absolute atomic E-state index is 0.0299. The second-order valence-electron chi connectivity index (χ2n) is 11.6. The molecule has 0 spiro atoms. The lowest BCUT2D eigenvalue weighted by Gasteiger charge is -2.12. The fourth-order valence-electron chi connectivity index (χ4n) is 4.08. The standard InChI is InChI=1S/C23H29NO.C11H16.C4H8.C3H8/c1-15(2)18(6)22-13-21(11-10-17(22)5)23(25)24-14-19-8-7-9-20(12-19)16(3)4;1-3-6-11-8-5-7-10(4-2)9-11;1-3-4-2;1-3-2/h7-13,16H,14H2,1-6H3,(H,24,25);5,7-9H,3-4,6H2,1-2H3;3H,1,4H2,2H3;3H2,1-2H3. The van der Waals surface area contributed by atoms with Crippen molar-refractivity contribution in [3.05, 3.63) is 124 Å². The summed E-state index contributed by atoms with van der Waals surface area (Å²) < 4.78 is 0. The van der Waals surface area contributed by atoms with Crippen molar-refractivity contribution in [3.63, 3.8) is 0 Å². The van der Waals surface area contributed by atoms with Crippen molar-refractivity contribution in [1.29, 1.82) is 0 Å². The number of aryl methyl sites for hydroxylation is 3. The van der Waals surface area contributed by atoms with Crippen LogP contribution in [0, 0.1) is 6.92 Å². The third kappa shape index (κ3) is 16.1. The van der Waals surface area contributed by atoms with Crippen LogP contribution in [-0.2, 0) is 19.4 Å². The van der Waals surface area contributed by atoms with Crippen molar-refractivity contribution in [1.82, 2.24) is 5.32 Å². The van der Waals surface area contributed by atoms with Crippen molar-refractivity contribution in [2.45, 2.75) is 121 Å². The van der Waals surface area contributed by atoms with Gasteiger partial charge in [-0.2, -0.15) is 0 Å². The van der Waals surface area contributed by atoms with Crippen LogP contribution in [0.25, 0.3) is 5.57 Å². The molecule has 0 aliphatic heterocycles. The van der Waals surface area contributed by atoms with E-state index in [2.05, 4.69) is 137 Å². The first-order valence-corrected chi connectivity index (χ1v) is 16.3. The van der Waals surface area contributed by atoms with E-state index in [0.29, 0.717) is 18.0 Å². The van der Waals surface area contributed by atoms with Gasteiger partial charge in [-0.1, -0.05) is 128 Å². The normalized spacial score (nSPS) is 9.77. The molecule has 0 bridgehead atoms. The molecule has 2 nitrogen and oxygen atoms in total. The molecule has 0 aliphatic carbocycles. The fraction of sp³-hybridized carbons (Fsp3) is 0.439. The van der Waals surface area contributed by atoms with Crippen LogP contribution in [0.4, 0.5) is 0 Å². The van der Waals surface area contributed by atoms with Gasteiger partial charge in [0.25, 0.3) is 5.91 Å². The fourth-order valence-corrected chi connectivity index (χ4v) is 4.08. The topological polar surface area (TPSA) is 29.1 Å². The van der Waals surface area contributed by atoms with Crippen molar-refractivity contribution >= 4 is 11.5 Å². The van der Waals surface area contributed by atoms with Crippen LogP contribution in [0.5, 0.6) is 0 Å². The number of rotatable bonds is 9. The maximum absolute atomic E-state index is 12.6. The Hall–Kier alpha value is -3.39. The van der Waals surface area contributed by atoms with E-state index >= 15 is 0 Å². The number of hydrogen-bond acceptors (Lipinski definition) is 1. The first kappa shape index (κ1) is 39.6. The second kappa shape index (κ2) is 23.1. The van der Waals surface area contributed by atoms with Gasteiger partial charge in [0, 0.05) is 12.1 Å². The number of hydrogen-bond donors (Lipinski definition) is 1. The molecule has 1 N–H and O–H groups in total. The molecule has 3 rings (SSSR count). The average molecular weight is 584 g/mol. The highest BCUT2D eigenvalue weighted by Crippen LogP contribution is 2.23. The summed E-state index contributed by atoms with van der Waals surface area (Å²) in [5.74, 6) is 0.458. The minimum Gasteiger partial charge on any atom is -0.348 e. The zero-order valence-corrected chi connectivity index (χ0v) is 29.4. The molecule has 2 heteroatoms. The SMILES string of the molecule is C=CCC.CC(C)=C(C)c1cc(C(=O)NCc2cccc(C(C)C)c2)ccc1C.CCC.CCCc1cccc(CC)c1. The van der Waals surface area contributed by atoms with E-state index in [1.807, 2.05) is 24.3 Å². The average Bonchev–Trinajstić information content (AvgIpc) is 3.01. The van der Waals surface area contributed by atoms with Crippen molar-refractivity contribution in [2.75, 3.05) is 0 Å². The Kier molecular flexibility index (Phi) is 21.3. The van der Waals surface area contributed by atoms with Gasteiger partial charge in [0.1, 0.15) is 0 Å². The van der Waals surface area contributed by atoms with Gasteiger partial charge in [-0.15, -0.1) is 6.58 Å². The predicted octanol–water partition coefficient (Wildman–Crippen LogP) is 12.1. The van der Waals surface area contributed by atoms with Crippen LogP contribution in [-0.4, -0.2) is 5.91 Å². The van der Waals surface area contributed by atoms with E-state index in [0.717, 1.165) is 24.0 Å². The number of nitrogens with one attached hydrogen (secondary N) is 1. The van der Waals surface area contributed by atoms with Crippen LogP contribution in [0.15, 0.2) is 85.0 Å². The number of carbonyl (C=O) groups is 1. The molecule has 0 saturated heterocycles. The molecule has 0 saturated carbocycles. The zero-order chi connectivity index (χ0) is 32.8. The van der Waals surface area contributed by atoms with E-state index in [-0.39, 0.29) is 5.91 Å². The summed E-state index contributed by atoms with van der Waals surface area (Å²) in [4.78, 5) is 12.6. The molecule has 0 unspecified atom stereocenters. The summed E-state index contributed by atoms with van der Waals surface area (Å²) in [6.07, 6.45) is 7.82. The van der Waals surface area contributed by atoms with Crippen LogP contribution in [0.2, 0.25) is 0 Å². The summed E-state index contributed by atoms with van der Waals surface area (Å²) in [6.45, 7) is 27.5. The first-order chi connectivity index (χ1) is 20.5. The molecule has 0 aliphatic rings. The summed E-state index contributed by atoms with van der Waals surface area (Å²) in [5.41, 5.74) is 10.9. The molecule has 0 aromatic heterocycles. The van der Waals surface area contributed by atoms with E-state index in [1.165, 1.54) is 52.7 Å². The first-order valence-electron chi connectivity index (χ1n) is 16.3. The van der Waals surface area contributed by atoms with Crippen molar-refractivity contribution < 1.29 is 4.79 Å². The summed E-state index contributed by atoms with van der Waals surface area (Å²) >= 11 is 0. The van der Waals surface area contributed by atoms with Gasteiger partial charge in [-0.05, 0) is 104 Å². The molecular formula is C41H61NO. The van der Waals surface area contributed by atoms with Gasteiger partial charge < -0.3 is 5.32 Å². The number of allylic oxidation sites excluding steroid dienone is 3. The Morgan fingerprint density at radius 1 is 0.837 bits per heavy atom. The maximum atomic E-state index is 12.6. The van der Waals surface area contributed by atoms with Gasteiger partial charge in [0.2, 0.25) is 0 Å². The highest BCUT2D eigenvalue weighted by atomic mass is 16.1. The zero-order valence-electron chi connectivity index (χ0n) is 29.4. The Morgan fingerprint density at radius 2 is 1.42 bits per heavy atom. The smallest absolute Gasteiger partial charge is 0.251 e. The Bertz CT molecular complexity index is 1240. The predicted molar refractivity (Wildman–Crippen MR) is 193 cm³/mol. The van der Waals surface area contributed by atoms with Crippen molar-refractivity contribution in [2.24, 2.45) is 0 Å². The van der Waals surface area contributed by atoms with E-state index in [1.54, 1.807) is 0 Å². The molecule has 3 aromatic carbocycles. The summed E-state index contributed by atoms with van der Waals surface area (Å²) in [5, 5.41) is 3.04. The molecule has 0 heterocycles. The Balaban J connectivity index is 0.000000804. The molecule has 1 amide bonds. The molecular weight excluding hydrogens is 522 g/mol. The molecule has 3 aromatic rings. The van der Waals surface area contributed by atoms with Crippen LogP contribution < -0.4 is 5.32 Å². The lowest BCUT2D eigenvalue weighted by Crippen LogP contribution is -2.23. The third-order valence-electron chi connectivity index (χ3n) is 6.95. The highest BCUT2D eigenvalue weighted by molar-refractivity contribution is 5.95.